The number of rotatable bonds is 8. The van der Waals surface area contributed by atoms with Crippen LogP contribution in [0.4, 0.5) is 0 Å². The van der Waals surface area contributed by atoms with Gasteiger partial charge in [-0.25, -0.2) is 14.2 Å². The Hall–Kier alpha value is -4.39. The van der Waals surface area contributed by atoms with Gasteiger partial charge in [0.05, 0.1) is 27.9 Å². The van der Waals surface area contributed by atoms with E-state index in [0.29, 0.717) is 34.7 Å². The van der Waals surface area contributed by atoms with Crippen LogP contribution < -0.4 is 15.0 Å². The molecule has 0 amide bonds. The minimum absolute atomic E-state index is 0.196. The maximum Gasteiger partial charge on any atom is 0.343 e. The number of unbranched alkanes of at least 4 members (excludes halogenated alkanes) is 1. The van der Waals surface area contributed by atoms with Crippen molar-refractivity contribution in [2.45, 2.75) is 47.0 Å². The third-order valence-electron chi connectivity index (χ3n) is 5.99. The zero-order valence-corrected chi connectivity index (χ0v) is 22.1. The van der Waals surface area contributed by atoms with E-state index >= 15 is 0 Å². The molecule has 0 unspecified atom stereocenters. The number of hydrogen-bond acceptors (Lipinski definition) is 5. The lowest BCUT2D eigenvalue weighted by atomic mass is 9.97. The average Bonchev–Trinajstić information content (AvgIpc) is 3.18. The van der Waals surface area contributed by atoms with E-state index < -0.39 is 17.4 Å². The number of esters is 2. The van der Waals surface area contributed by atoms with Crippen molar-refractivity contribution in [2.24, 2.45) is 5.41 Å². The first-order valence-corrected chi connectivity index (χ1v) is 12.7. The highest BCUT2D eigenvalue weighted by Gasteiger charge is 2.30. The van der Waals surface area contributed by atoms with Crippen LogP contribution in [0.2, 0.25) is 0 Å². The molecule has 0 fully saturated rings. The zero-order chi connectivity index (χ0) is 27.3. The van der Waals surface area contributed by atoms with Crippen molar-refractivity contribution in [3.05, 3.63) is 106 Å². The van der Waals surface area contributed by atoms with Gasteiger partial charge in [0.15, 0.2) is 0 Å². The molecule has 3 aromatic carbocycles. The molecule has 0 aliphatic rings. The predicted molar refractivity (Wildman–Crippen MR) is 146 cm³/mol. The number of carbonyl (C=O) groups excluding carboxylic acids is 2. The van der Waals surface area contributed by atoms with E-state index in [-0.39, 0.29) is 11.4 Å². The molecule has 1 heterocycles. The SMILES string of the molecule is CCCCc1c(OC(=O)C(C)(C)C)n(-c2ccc(OC(=O)c3ccccc3)cc2)n(-c2ccccc2)c1=O. The molecule has 0 saturated heterocycles. The Morgan fingerprint density at radius 3 is 1.92 bits per heavy atom. The number of hydrogen-bond donors (Lipinski definition) is 0. The molecule has 0 N–H and O–H groups in total. The first kappa shape index (κ1) is 26.7. The molecule has 0 radical (unpaired) electrons. The van der Waals surface area contributed by atoms with E-state index in [1.165, 1.54) is 4.68 Å². The quantitative estimate of drug-likeness (QED) is 0.209. The minimum Gasteiger partial charge on any atom is -0.423 e. The van der Waals surface area contributed by atoms with E-state index in [4.69, 9.17) is 9.47 Å². The first-order chi connectivity index (χ1) is 18.2. The topological polar surface area (TPSA) is 79.5 Å². The molecule has 7 nitrogen and oxygen atoms in total. The molecule has 38 heavy (non-hydrogen) atoms. The Morgan fingerprint density at radius 2 is 1.34 bits per heavy atom. The summed E-state index contributed by atoms with van der Waals surface area (Å²) in [5, 5.41) is 0. The third-order valence-corrected chi connectivity index (χ3v) is 5.99. The largest absolute Gasteiger partial charge is 0.423 e. The van der Waals surface area contributed by atoms with Crippen molar-refractivity contribution in [3.63, 3.8) is 0 Å². The fourth-order valence-corrected chi connectivity index (χ4v) is 3.87. The van der Waals surface area contributed by atoms with Gasteiger partial charge in [-0.05, 0) is 82.1 Å². The van der Waals surface area contributed by atoms with Gasteiger partial charge in [0, 0.05) is 0 Å². The van der Waals surface area contributed by atoms with Gasteiger partial charge < -0.3 is 9.47 Å². The van der Waals surface area contributed by atoms with Crippen molar-refractivity contribution in [3.8, 4) is 23.0 Å². The summed E-state index contributed by atoms with van der Waals surface area (Å²) in [6, 6.07) is 24.7. The van der Waals surface area contributed by atoms with Gasteiger partial charge in [-0.15, -0.1) is 0 Å². The highest BCUT2D eigenvalue weighted by molar-refractivity contribution is 5.91. The second-order valence-corrected chi connectivity index (χ2v) is 10.0. The molecule has 0 saturated carbocycles. The lowest BCUT2D eigenvalue weighted by molar-refractivity contribution is -0.143. The number of aromatic nitrogens is 2. The van der Waals surface area contributed by atoms with Gasteiger partial charge >= 0.3 is 11.9 Å². The summed E-state index contributed by atoms with van der Waals surface area (Å²) >= 11 is 0. The standard InChI is InChI=1S/C31H32N2O5/c1-5-6-17-26-27(34)32(23-15-11-8-12-16-23)33(28(26)38-30(36)31(2,3)4)24-18-20-25(21-19-24)37-29(35)22-13-9-7-10-14-22/h7-16,18-21H,5-6,17H2,1-4H3. The van der Waals surface area contributed by atoms with Gasteiger partial charge in [-0.1, -0.05) is 49.7 Å². The molecular formula is C31H32N2O5. The lowest BCUT2D eigenvalue weighted by Crippen LogP contribution is -2.27. The molecule has 0 bridgehead atoms. The van der Waals surface area contributed by atoms with Crippen LogP contribution >= 0.6 is 0 Å². The molecule has 7 heteroatoms. The Morgan fingerprint density at radius 1 is 0.763 bits per heavy atom. The first-order valence-electron chi connectivity index (χ1n) is 12.7. The molecule has 0 aliphatic carbocycles. The normalized spacial score (nSPS) is 11.3. The summed E-state index contributed by atoms with van der Waals surface area (Å²) in [6.45, 7) is 7.36. The Labute approximate surface area is 222 Å². The zero-order valence-electron chi connectivity index (χ0n) is 22.1. The number of carbonyl (C=O) groups is 2. The number of ether oxygens (including phenoxy) is 2. The van der Waals surface area contributed by atoms with Crippen molar-refractivity contribution < 1.29 is 19.1 Å². The van der Waals surface area contributed by atoms with Crippen molar-refractivity contribution in [2.75, 3.05) is 0 Å². The number of nitrogens with zero attached hydrogens (tertiary/aromatic N) is 2. The Bertz CT molecular complexity index is 1460. The third kappa shape index (κ3) is 5.78. The van der Waals surface area contributed by atoms with Gasteiger partial charge in [-0.3, -0.25) is 9.59 Å². The summed E-state index contributed by atoms with van der Waals surface area (Å²) in [7, 11) is 0. The Kier molecular flexibility index (Phi) is 7.96. The highest BCUT2D eigenvalue weighted by Crippen LogP contribution is 2.29. The Balaban J connectivity index is 1.82. The molecule has 0 aliphatic heterocycles. The number of benzene rings is 3. The van der Waals surface area contributed by atoms with Crippen LogP contribution in [-0.4, -0.2) is 21.3 Å². The van der Waals surface area contributed by atoms with Crippen LogP contribution in [0.25, 0.3) is 11.4 Å². The van der Waals surface area contributed by atoms with Crippen molar-refractivity contribution in [1.82, 2.24) is 9.36 Å². The average molecular weight is 513 g/mol. The molecule has 4 rings (SSSR count). The summed E-state index contributed by atoms with van der Waals surface area (Å²) in [5.74, 6) is -0.367. The molecular weight excluding hydrogens is 480 g/mol. The fourth-order valence-electron chi connectivity index (χ4n) is 3.87. The molecule has 1 aromatic heterocycles. The predicted octanol–water partition coefficient (Wildman–Crippen LogP) is 6.14. The smallest absolute Gasteiger partial charge is 0.343 e. The number of para-hydroxylation sites is 1. The van der Waals surface area contributed by atoms with Gasteiger partial charge in [0.2, 0.25) is 5.88 Å². The maximum absolute atomic E-state index is 13.8. The van der Waals surface area contributed by atoms with Gasteiger partial charge in [0.1, 0.15) is 5.75 Å². The van der Waals surface area contributed by atoms with Crippen LogP contribution in [0.5, 0.6) is 11.6 Å². The second kappa shape index (κ2) is 11.3. The van der Waals surface area contributed by atoms with E-state index in [2.05, 4.69) is 0 Å². The van der Waals surface area contributed by atoms with Gasteiger partial charge in [0.25, 0.3) is 5.56 Å². The summed E-state index contributed by atoms with van der Waals surface area (Å²) in [6.07, 6.45) is 2.11. The van der Waals surface area contributed by atoms with Crippen LogP contribution in [0.15, 0.2) is 89.7 Å². The maximum atomic E-state index is 13.8. The fraction of sp³-hybridized carbons (Fsp3) is 0.258. The van der Waals surface area contributed by atoms with Crippen LogP contribution in [0.1, 0.15) is 56.5 Å². The highest BCUT2D eigenvalue weighted by atomic mass is 16.5. The molecule has 4 aromatic rings. The monoisotopic (exact) mass is 512 g/mol. The van der Waals surface area contributed by atoms with E-state index in [1.54, 1.807) is 74.0 Å². The van der Waals surface area contributed by atoms with E-state index in [1.807, 2.05) is 43.3 Å². The lowest BCUT2D eigenvalue weighted by Gasteiger charge is -2.19. The van der Waals surface area contributed by atoms with Crippen LogP contribution in [-0.2, 0) is 11.2 Å². The van der Waals surface area contributed by atoms with Crippen LogP contribution in [0, 0.1) is 5.41 Å². The summed E-state index contributed by atoms with van der Waals surface area (Å²) < 4.78 is 14.6. The van der Waals surface area contributed by atoms with Crippen LogP contribution in [0.3, 0.4) is 0 Å². The molecule has 0 atom stereocenters. The summed E-state index contributed by atoms with van der Waals surface area (Å²) in [5.41, 5.74) is 1.07. The van der Waals surface area contributed by atoms with Crippen molar-refractivity contribution in [1.29, 1.82) is 0 Å². The van der Waals surface area contributed by atoms with E-state index in [0.717, 1.165) is 12.8 Å². The molecule has 196 valence electrons. The van der Waals surface area contributed by atoms with E-state index in [9.17, 15) is 14.4 Å². The van der Waals surface area contributed by atoms with Gasteiger partial charge in [-0.2, -0.15) is 0 Å². The second-order valence-electron chi connectivity index (χ2n) is 10.0. The summed E-state index contributed by atoms with van der Waals surface area (Å²) in [4.78, 5) is 39.3. The minimum atomic E-state index is -0.771. The van der Waals surface area contributed by atoms with Crippen molar-refractivity contribution >= 4 is 11.9 Å². The molecule has 0 spiro atoms.